The van der Waals surface area contributed by atoms with Crippen molar-refractivity contribution < 1.29 is 0 Å². The predicted octanol–water partition coefficient (Wildman–Crippen LogP) is 5.05. The van der Waals surface area contributed by atoms with Crippen molar-refractivity contribution in [1.29, 1.82) is 0 Å². The molecule has 2 aromatic rings. The zero-order valence-electron chi connectivity index (χ0n) is 11.6. The van der Waals surface area contributed by atoms with E-state index in [0.29, 0.717) is 5.92 Å². The topological polar surface area (TPSA) is 12.0 Å². The first-order valence-electron chi connectivity index (χ1n) is 7.49. The van der Waals surface area contributed by atoms with Crippen LogP contribution in [0.25, 0.3) is 16.3 Å². The number of benzene rings is 2. The Labute approximate surface area is 124 Å². The van der Waals surface area contributed by atoms with E-state index in [-0.39, 0.29) is 0 Å². The summed E-state index contributed by atoms with van der Waals surface area (Å²) in [6, 6.07) is 13.1. The lowest BCUT2D eigenvalue weighted by molar-refractivity contribution is 0.786. The summed E-state index contributed by atoms with van der Waals surface area (Å²) in [5.74, 6) is 0.524. The van der Waals surface area contributed by atoms with Gasteiger partial charge < -0.3 is 5.32 Å². The predicted molar refractivity (Wildman–Crippen MR) is 89.0 cm³/mol. The second-order valence-corrected chi connectivity index (χ2v) is 5.93. The standard InChI is InChI=1S/C20H15N/c1-2-6-15-12-19-17(11-14(15)5-1)16-9-3-7-13-8-4-10-18(21-19)20(13)16/h1-10,12,14,21H,11H2. The molecule has 21 heavy (non-hydrogen) atoms. The third-order valence-corrected chi connectivity index (χ3v) is 4.73. The van der Waals surface area contributed by atoms with Crippen molar-refractivity contribution in [3.63, 3.8) is 0 Å². The average molecular weight is 269 g/mol. The Balaban J connectivity index is 1.79. The number of anilines is 1. The number of allylic oxidation sites excluding steroid dienone is 7. The Hall–Kier alpha value is -2.54. The van der Waals surface area contributed by atoms with E-state index < -0.39 is 0 Å². The number of hydrogen-bond acceptors (Lipinski definition) is 1. The Morgan fingerprint density at radius 3 is 2.86 bits per heavy atom. The van der Waals surface area contributed by atoms with E-state index in [1.165, 1.54) is 38.9 Å². The van der Waals surface area contributed by atoms with Crippen LogP contribution in [0.1, 0.15) is 12.0 Å². The minimum Gasteiger partial charge on any atom is -0.355 e. The zero-order valence-corrected chi connectivity index (χ0v) is 11.6. The van der Waals surface area contributed by atoms with Gasteiger partial charge in [-0.25, -0.2) is 0 Å². The SMILES string of the molecule is C1=CC2=CC3=C(CC2C=C1)c1cccc2cccc(c12)N3. The summed E-state index contributed by atoms with van der Waals surface area (Å²) in [5, 5.41) is 6.33. The van der Waals surface area contributed by atoms with E-state index in [1.54, 1.807) is 0 Å². The normalized spacial score (nSPS) is 21.7. The van der Waals surface area contributed by atoms with Crippen LogP contribution in [0.5, 0.6) is 0 Å². The number of rotatable bonds is 0. The van der Waals surface area contributed by atoms with Crippen molar-refractivity contribution in [2.75, 3.05) is 5.32 Å². The summed E-state index contributed by atoms with van der Waals surface area (Å²) >= 11 is 0. The molecule has 2 aromatic carbocycles. The first-order valence-corrected chi connectivity index (χ1v) is 7.49. The van der Waals surface area contributed by atoms with Gasteiger partial charge in [-0.05, 0) is 40.7 Å². The maximum atomic E-state index is 3.64. The summed E-state index contributed by atoms with van der Waals surface area (Å²) in [5.41, 5.74) is 6.76. The smallest absolute Gasteiger partial charge is 0.0470 e. The Morgan fingerprint density at radius 1 is 1.00 bits per heavy atom. The fourth-order valence-electron chi connectivity index (χ4n) is 3.73. The summed E-state index contributed by atoms with van der Waals surface area (Å²) in [6.45, 7) is 0. The average Bonchev–Trinajstić information content (AvgIpc) is 2.54. The van der Waals surface area contributed by atoms with Crippen LogP contribution in [-0.4, -0.2) is 0 Å². The van der Waals surface area contributed by atoms with E-state index in [0.717, 1.165) is 6.42 Å². The minimum absolute atomic E-state index is 0.524. The number of hydrogen-bond donors (Lipinski definition) is 1. The molecule has 0 aromatic heterocycles. The van der Waals surface area contributed by atoms with Gasteiger partial charge in [-0.15, -0.1) is 0 Å². The van der Waals surface area contributed by atoms with E-state index in [2.05, 4.69) is 72.1 Å². The van der Waals surface area contributed by atoms with Gasteiger partial charge in [-0.2, -0.15) is 0 Å². The summed E-state index contributed by atoms with van der Waals surface area (Å²) in [7, 11) is 0. The molecule has 3 aliphatic rings. The molecular formula is C20H15N. The van der Waals surface area contributed by atoms with Crippen LogP contribution in [0.4, 0.5) is 5.69 Å². The molecule has 1 heteroatoms. The molecule has 0 fully saturated rings. The van der Waals surface area contributed by atoms with Crippen molar-refractivity contribution in [2.24, 2.45) is 5.92 Å². The lowest BCUT2D eigenvalue weighted by atomic mass is 9.78. The Morgan fingerprint density at radius 2 is 1.90 bits per heavy atom. The molecule has 0 radical (unpaired) electrons. The van der Waals surface area contributed by atoms with Crippen molar-refractivity contribution >= 4 is 22.0 Å². The van der Waals surface area contributed by atoms with Crippen LogP contribution in [-0.2, 0) is 0 Å². The highest BCUT2D eigenvalue weighted by molar-refractivity contribution is 6.06. The maximum Gasteiger partial charge on any atom is 0.0470 e. The van der Waals surface area contributed by atoms with E-state index in [4.69, 9.17) is 0 Å². The van der Waals surface area contributed by atoms with Crippen molar-refractivity contribution in [3.8, 4) is 0 Å². The second kappa shape index (κ2) is 3.98. The fraction of sp³-hybridized carbons (Fsp3) is 0.100. The van der Waals surface area contributed by atoms with Crippen LogP contribution in [0.15, 0.2) is 78.0 Å². The van der Waals surface area contributed by atoms with E-state index in [9.17, 15) is 0 Å². The third kappa shape index (κ3) is 1.52. The summed E-state index contributed by atoms with van der Waals surface area (Å²) < 4.78 is 0. The summed E-state index contributed by atoms with van der Waals surface area (Å²) in [6.07, 6.45) is 12.2. The molecule has 0 saturated carbocycles. The summed E-state index contributed by atoms with van der Waals surface area (Å²) in [4.78, 5) is 0. The van der Waals surface area contributed by atoms with Crippen LogP contribution >= 0.6 is 0 Å². The molecule has 1 nitrogen and oxygen atoms in total. The molecule has 1 atom stereocenters. The van der Waals surface area contributed by atoms with E-state index in [1.807, 2.05) is 0 Å². The van der Waals surface area contributed by atoms with Gasteiger partial charge in [0.05, 0.1) is 0 Å². The Bertz CT molecular complexity index is 888. The van der Waals surface area contributed by atoms with Gasteiger partial charge in [0.2, 0.25) is 0 Å². The monoisotopic (exact) mass is 269 g/mol. The van der Waals surface area contributed by atoms with Crippen LogP contribution < -0.4 is 5.32 Å². The highest BCUT2D eigenvalue weighted by Crippen LogP contribution is 2.44. The molecule has 1 heterocycles. The van der Waals surface area contributed by atoms with Crippen molar-refractivity contribution in [3.05, 3.63) is 83.6 Å². The lowest BCUT2D eigenvalue weighted by Gasteiger charge is -2.31. The van der Waals surface area contributed by atoms with Gasteiger partial charge in [0.15, 0.2) is 0 Å². The van der Waals surface area contributed by atoms with Crippen molar-refractivity contribution in [2.45, 2.75) is 6.42 Å². The molecule has 100 valence electrons. The maximum absolute atomic E-state index is 3.64. The van der Waals surface area contributed by atoms with Gasteiger partial charge in [-0.3, -0.25) is 0 Å². The van der Waals surface area contributed by atoms with Crippen LogP contribution in [0.2, 0.25) is 0 Å². The molecule has 1 N–H and O–H groups in total. The first-order chi connectivity index (χ1) is 10.4. The zero-order chi connectivity index (χ0) is 13.8. The largest absolute Gasteiger partial charge is 0.355 e. The van der Waals surface area contributed by atoms with Crippen molar-refractivity contribution in [1.82, 2.24) is 0 Å². The molecular weight excluding hydrogens is 254 g/mol. The molecule has 1 unspecified atom stereocenters. The highest BCUT2D eigenvalue weighted by Gasteiger charge is 2.26. The highest BCUT2D eigenvalue weighted by atomic mass is 14.9. The quantitative estimate of drug-likeness (QED) is 0.705. The number of nitrogens with one attached hydrogen (secondary N) is 1. The van der Waals surface area contributed by atoms with Gasteiger partial charge in [-0.1, -0.05) is 54.6 Å². The molecule has 5 rings (SSSR count). The Kier molecular flexibility index (Phi) is 2.12. The van der Waals surface area contributed by atoms with Gasteiger partial charge in [0.25, 0.3) is 0 Å². The molecule has 0 bridgehead atoms. The third-order valence-electron chi connectivity index (χ3n) is 4.73. The molecule has 0 amide bonds. The van der Waals surface area contributed by atoms with E-state index >= 15 is 0 Å². The van der Waals surface area contributed by atoms with Gasteiger partial charge >= 0.3 is 0 Å². The van der Waals surface area contributed by atoms with Crippen LogP contribution in [0, 0.1) is 5.92 Å². The van der Waals surface area contributed by atoms with Gasteiger partial charge in [0, 0.05) is 22.7 Å². The van der Waals surface area contributed by atoms with Crippen LogP contribution in [0.3, 0.4) is 0 Å². The molecule has 1 aliphatic heterocycles. The molecule has 0 saturated heterocycles. The minimum atomic E-state index is 0.524. The number of fused-ring (bicyclic) bond motifs is 2. The first kappa shape index (κ1) is 11.2. The second-order valence-electron chi connectivity index (χ2n) is 5.93. The lowest BCUT2D eigenvalue weighted by Crippen LogP contribution is -2.16. The molecule has 0 spiro atoms. The molecule has 2 aliphatic carbocycles. The fourth-order valence-corrected chi connectivity index (χ4v) is 3.73. The van der Waals surface area contributed by atoms with Gasteiger partial charge in [0.1, 0.15) is 0 Å².